The Kier molecular flexibility index (Phi) is 7.42. The largest absolute Gasteiger partial charge is 0.357 e. The number of aliphatic imine (C=N–C) groups is 1. The zero-order valence-electron chi connectivity index (χ0n) is 15.8. The third kappa shape index (κ3) is 5.18. The van der Waals surface area contributed by atoms with E-state index in [9.17, 15) is 0 Å². The first-order chi connectivity index (χ1) is 12.0. The van der Waals surface area contributed by atoms with Crippen LogP contribution in [0.2, 0.25) is 0 Å². The predicted octanol–water partition coefficient (Wildman–Crippen LogP) is 2.39. The van der Waals surface area contributed by atoms with Gasteiger partial charge in [0.2, 0.25) is 5.89 Å². The van der Waals surface area contributed by atoms with Gasteiger partial charge in [-0.05, 0) is 46.1 Å². The first-order valence-electron chi connectivity index (χ1n) is 8.96. The summed E-state index contributed by atoms with van der Waals surface area (Å²) in [5, 5.41) is 15.3. The van der Waals surface area contributed by atoms with E-state index >= 15 is 0 Å². The molecule has 0 saturated carbocycles. The first-order valence-corrected chi connectivity index (χ1v) is 8.96. The maximum atomic E-state index is 5.12. The number of nitrogens with one attached hydrogen (secondary N) is 2. The fourth-order valence-corrected chi connectivity index (χ4v) is 2.96. The second-order valence-electron chi connectivity index (χ2n) is 6.69. The minimum absolute atomic E-state index is 0. The number of fused-ring (bicyclic) bond motifs is 1. The van der Waals surface area contributed by atoms with Gasteiger partial charge in [-0.2, -0.15) is 10.1 Å². The Bertz CT molecular complexity index is 737. The van der Waals surface area contributed by atoms with Crippen LogP contribution in [0, 0.1) is 6.92 Å². The molecule has 0 fully saturated rings. The van der Waals surface area contributed by atoms with E-state index < -0.39 is 0 Å². The number of nitrogens with zero attached hydrogens (tertiary/aromatic N) is 5. The topological polar surface area (TPSA) is 93.2 Å². The van der Waals surface area contributed by atoms with Crippen LogP contribution >= 0.6 is 24.0 Å². The van der Waals surface area contributed by atoms with Crippen LogP contribution in [0.5, 0.6) is 0 Å². The number of hydrogen-bond donors (Lipinski definition) is 2. The highest BCUT2D eigenvalue weighted by Crippen LogP contribution is 2.21. The molecule has 0 saturated heterocycles. The van der Waals surface area contributed by atoms with Crippen molar-refractivity contribution in [3.8, 4) is 0 Å². The highest BCUT2D eigenvalue weighted by Gasteiger charge is 2.23. The van der Waals surface area contributed by atoms with Crippen molar-refractivity contribution in [2.75, 3.05) is 6.54 Å². The molecule has 26 heavy (non-hydrogen) atoms. The van der Waals surface area contributed by atoms with Crippen LogP contribution in [0.25, 0.3) is 0 Å². The molecule has 2 aromatic rings. The molecular weight excluding hydrogens is 445 g/mol. The van der Waals surface area contributed by atoms with Crippen molar-refractivity contribution in [2.45, 2.75) is 65.6 Å². The molecule has 144 valence electrons. The van der Waals surface area contributed by atoms with Gasteiger partial charge in [0.25, 0.3) is 0 Å². The molecule has 2 N–H and O–H groups in total. The minimum atomic E-state index is 0. The molecule has 1 aliphatic carbocycles. The molecule has 1 aliphatic rings. The maximum Gasteiger partial charge on any atom is 0.248 e. The molecule has 1 unspecified atom stereocenters. The van der Waals surface area contributed by atoms with Crippen molar-refractivity contribution >= 4 is 29.9 Å². The number of rotatable bonds is 5. The number of aryl methyl sites for hydroxylation is 2. The molecule has 1 atom stereocenters. The van der Waals surface area contributed by atoms with Crippen molar-refractivity contribution in [3.05, 3.63) is 29.2 Å². The fraction of sp³-hybridized carbons (Fsp3) is 0.647. The third-order valence-corrected chi connectivity index (χ3v) is 4.25. The molecule has 2 heterocycles. The van der Waals surface area contributed by atoms with Gasteiger partial charge < -0.3 is 15.2 Å². The van der Waals surface area contributed by atoms with Gasteiger partial charge in [0.15, 0.2) is 11.8 Å². The van der Waals surface area contributed by atoms with Gasteiger partial charge in [-0.25, -0.2) is 4.99 Å². The van der Waals surface area contributed by atoms with Gasteiger partial charge >= 0.3 is 0 Å². The summed E-state index contributed by atoms with van der Waals surface area (Å²) in [5.74, 6) is 1.93. The van der Waals surface area contributed by atoms with E-state index in [2.05, 4.69) is 57.4 Å². The summed E-state index contributed by atoms with van der Waals surface area (Å²) in [4.78, 5) is 8.74. The zero-order valence-corrected chi connectivity index (χ0v) is 18.2. The van der Waals surface area contributed by atoms with Crippen LogP contribution in [0.15, 0.2) is 15.7 Å². The highest BCUT2D eigenvalue weighted by molar-refractivity contribution is 14.0. The Morgan fingerprint density at radius 3 is 2.92 bits per heavy atom. The molecule has 0 spiro atoms. The molecule has 0 aliphatic heterocycles. The lowest BCUT2D eigenvalue weighted by atomic mass is 9.94. The van der Waals surface area contributed by atoms with Gasteiger partial charge in [0.1, 0.15) is 6.54 Å². The van der Waals surface area contributed by atoms with Crippen molar-refractivity contribution in [1.29, 1.82) is 0 Å². The summed E-state index contributed by atoms with van der Waals surface area (Å²) >= 11 is 0. The van der Waals surface area contributed by atoms with Crippen molar-refractivity contribution in [2.24, 2.45) is 4.99 Å². The number of halogens is 1. The van der Waals surface area contributed by atoms with Crippen LogP contribution in [-0.4, -0.2) is 38.5 Å². The minimum Gasteiger partial charge on any atom is -0.357 e. The average Bonchev–Trinajstić information content (AvgIpc) is 3.18. The summed E-state index contributed by atoms with van der Waals surface area (Å²) in [6, 6.07) is 0.721. The van der Waals surface area contributed by atoms with Crippen molar-refractivity contribution in [1.82, 2.24) is 30.6 Å². The van der Waals surface area contributed by atoms with Gasteiger partial charge in [-0.15, -0.1) is 24.0 Å². The summed E-state index contributed by atoms with van der Waals surface area (Å²) in [7, 11) is 0. The van der Waals surface area contributed by atoms with Gasteiger partial charge in [-0.1, -0.05) is 5.16 Å². The van der Waals surface area contributed by atoms with E-state index in [0.29, 0.717) is 30.3 Å². The molecule has 0 amide bonds. The smallest absolute Gasteiger partial charge is 0.248 e. The van der Waals surface area contributed by atoms with Gasteiger partial charge in [0, 0.05) is 31.2 Å². The maximum absolute atomic E-state index is 5.12. The summed E-state index contributed by atoms with van der Waals surface area (Å²) in [6.45, 7) is 9.34. The van der Waals surface area contributed by atoms with E-state index in [4.69, 9.17) is 9.62 Å². The molecule has 9 heteroatoms. The van der Waals surface area contributed by atoms with Crippen molar-refractivity contribution < 1.29 is 4.52 Å². The van der Waals surface area contributed by atoms with Gasteiger partial charge in [0.05, 0.1) is 5.69 Å². The normalized spacial score (nSPS) is 17.0. The molecular formula is C17H28IN7O. The number of aromatic nitrogens is 4. The Hall–Kier alpha value is -1.65. The molecule has 8 nitrogen and oxygen atoms in total. The highest BCUT2D eigenvalue weighted by atomic mass is 127. The summed E-state index contributed by atoms with van der Waals surface area (Å²) in [6.07, 6.45) is 5.22. The molecule has 0 radical (unpaired) electrons. The van der Waals surface area contributed by atoms with Crippen LogP contribution in [0.3, 0.4) is 0 Å². The lowest BCUT2D eigenvalue weighted by Gasteiger charge is -2.24. The Balaban J connectivity index is 0.00000243. The SMILES string of the molecule is CCNC(=NCc1nc(C)no1)NC1CCc2cn(C(C)C)nc2C1.I. The molecule has 3 rings (SSSR count). The summed E-state index contributed by atoms with van der Waals surface area (Å²) in [5.41, 5.74) is 2.57. The van der Waals surface area contributed by atoms with Crippen LogP contribution in [0.1, 0.15) is 56.2 Å². The Morgan fingerprint density at radius 2 is 2.27 bits per heavy atom. The van der Waals surface area contributed by atoms with Gasteiger partial charge in [-0.3, -0.25) is 4.68 Å². The van der Waals surface area contributed by atoms with E-state index in [-0.39, 0.29) is 24.0 Å². The second-order valence-corrected chi connectivity index (χ2v) is 6.69. The molecule has 0 bridgehead atoms. The third-order valence-electron chi connectivity index (χ3n) is 4.25. The monoisotopic (exact) mass is 473 g/mol. The Morgan fingerprint density at radius 1 is 1.46 bits per heavy atom. The van der Waals surface area contributed by atoms with Crippen LogP contribution < -0.4 is 10.6 Å². The van der Waals surface area contributed by atoms with E-state index in [1.165, 1.54) is 11.3 Å². The first kappa shape index (κ1) is 20.7. The quantitative estimate of drug-likeness (QED) is 0.394. The average molecular weight is 473 g/mol. The van der Waals surface area contributed by atoms with E-state index in [1.54, 1.807) is 6.92 Å². The molecule has 2 aromatic heterocycles. The van der Waals surface area contributed by atoms with E-state index in [0.717, 1.165) is 31.8 Å². The predicted molar refractivity (Wildman–Crippen MR) is 111 cm³/mol. The van der Waals surface area contributed by atoms with Crippen molar-refractivity contribution in [3.63, 3.8) is 0 Å². The zero-order chi connectivity index (χ0) is 17.8. The number of hydrogen-bond acceptors (Lipinski definition) is 5. The van der Waals surface area contributed by atoms with Crippen LogP contribution in [-0.2, 0) is 19.4 Å². The fourth-order valence-electron chi connectivity index (χ4n) is 2.96. The van der Waals surface area contributed by atoms with Crippen LogP contribution in [0.4, 0.5) is 0 Å². The Labute approximate surface area is 171 Å². The second kappa shape index (κ2) is 9.33. The summed E-state index contributed by atoms with van der Waals surface area (Å²) < 4.78 is 7.18. The van der Waals surface area contributed by atoms with E-state index in [1.807, 2.05) is 0 Å². The molecule has 0 aromatic carbocycles. The lowest BCUT2D eigenvalue weighted by Crippen LogP contribution is -2.45. The number of guanidine groups is 1. The lowest BCUT2D eigenvalue weighted by molar-refractivity contribution is 0.376. The standard InChI is InChI=1S/C17H27N7O.HI/c1-5-18-17(19-9-16-20-12(4)23-25-16)21-14-7-6-13-10-24(11(2)3)22-15(13)8-14;/h10-11,14H,5-9H2,1-4H3,(H2,18,19,21);1H.